The standard InChI is InChI=1S/C14H13NO2/c1-2-11(4-5-14-16-8-9-17-14)13-6-7-15-10-12(13)3-1/h1-7,10,14H,8-9H2/b5-4+. The van der Waals surface area contributed by atoms with Crippen molar-refractivity contribution in [1.29, 1.82) is 0 Å². The highest BCUT2D eigenvalue weighted by molar-refractivity contribution is 5.89. The molecule has 0 radical (unpaired) electrons. The molecule has 0 amide bonds. The van der Waals surface area contributed by atoms with E-state index in [1.54, 1.807) is 0 Å². The van der Waals surface area contributed by atoms with Crippen molar-refractivity contribution >= 4 is 16.8 Å². The number of hydrogen-bond acceptors (Lipinski definition) is 3. The molecule has 86 valence electrons. The molecule has 0 aliphatic carbocycles. The summed E-state index contributed by atoms with van der Waals surface area (Å²) in [4.78, 5) is 4.12. The first-order chi connectivity index (χ1) is 8.43. The van der Waals surface area contributed by atoms with Gasteiger partial charge in [-0.15, -0.1) is 0 Å². The normalized spacial score (nSPS) is 17.2. The molecule has 0 spiro atoms. The molecule has 0 unspecified atom stereocenters. The SMILES string of the molecule is C(=C\C1OCCO1)/c1cccc2cnccc12. The summed E-state index contributed by atoms with van der Waals surface area (Å²) in [5.74, 6) is 0. The minimum absolute atomic E-state index is 0.202. The fraction of sp³-hybridized carbons (Fsp3) is 0.214. The van der Waals surface area contributed by atoms with Gasteiger partial charge in [-0.05, 0) is 23.1 Å². The highest BCUT2D eigenvalue weighted by Crippen LogP contribution is 2.19. The van der Waals surface area contributed by atoms with Gasteiger partial charge in [0.05, 0.1) is 13.2 Å². The number of pyridine rings is 1. The molecule has 3 rings (SSSR count). The summed E-state index contributed by atoms with van der Waals surface area (Å²) in [6, 6.07) is 8.18. The third kappa shape index (κ3) is 2.20. The Kier molecular flexibility index (Phi) is 2.86. The Morgan fingerprint density at radius 3 is 2.94 bits per heavy atom. The topological polar surface area (TPSA) is 31.4 Å². The molecule has 1 aromatic carbocycles. The van der Waals surface area contributed by atoms with Gasteiger partial charge in [0.15, 0.2) is 6.29 Å². The fourth-order valence-corrected chi connectivity index (χ4v) is 1.96. The van der Waals surface area contributed by atoms with E-state index >= 15 is 0 Å². The summed E-state index contributed by atoms with van der Waals surface area (Å²) in [5.41, 5.74) is 1.16. The first kappa shape index (κ1) is 10.4. The molecule has 0 bridgehead atoms. The van der Waals surface area contributed by atoms with Crippen molar-refractivity contribution in [1.82, 2.24) is 4.98 Å². The molecule has 2 heterocycles. The van der Waals surface area contributed by atoms with Crippen molar-refractivity contribution in [2.75, 3.05) is 13.2 Å². The number of nitrogens with zero attached hydrogens (tertiary/aromatic N) is 1. The smallest absolute Gasteiger partial charge is 0.177 e. The van der Waals surface area contributed by atoms with E-state index in [0.717, 1.165) is 10.9 Å². The van der Waals surface area contributed by atoms with Gasteiger partial charge in [0.2, 0.25) is 0 Å². The van der Waals surface area contributed by atoms with Gasteiger partial charge in [0.25, 0.3) is 0 Å². The van der Waals surface area contributed by atoms with Gasteiger partial charge in [-0.3, -0.25) is 4.98 Å². The van der Waals surface area contributed by atoms with Crippen LogP contribution in [0, 0.1) is 0 Å². The number of fused-ring (bicyclic) bond motifs is 1. The second kappa shape index (κ2) is 4.65. The van der Waals surface area contributed by atoms with Crippen molar-refractivity contribution in [2.24, 2.45) is 0 Å². The van der Waals surface area contributed by atoms with Gasteiger partial charge in [-0.2, -0.15) is 0 Å². The second-order valence-corrected chi connectivity index (χ2v) is 3.91. The summed E-state index contributed by atoms with van der Waals surface area (Å²) in [7, 11) is 0. The Balaban J connectivity index is 1.94. The predicted molar refractivity (Wildman–Crippen MR) is 66.5 cm³/mol. The van der Waals surface area contributed by atoms with E-state index in [-0.39, 0.29) is 6.29 Å². The van der Waals surface area contributed by atoms with Gasteiger partial charge in [-0.1, -0.05) is 24.3 Å². The van der Waals surface area contributed by atoms with Crippen LogP contribution in [0.2, 0.25) is 0 Å². The Bertz CT molecular complexity index is 539. The van der Waals surface area contributed by atoms with E-state index in [2.05, 4.69) is 17.1 Å². The molecular weight excluding hydrogens is 214 g/mol. The predicted octanol–water partition coefficient (Wildman–Crippen LogP) is 2.62. The number of rotatable bonds is 2. The lowest BCUT2D eigenvalue weighted by atomic mass is 10.1. The average Bonchev–Trinajstić information content (AvgIpc) is 2.89. The number of hydrogen-bond donors (Lipinski definition) is 0. The summed E-state index contributed by atoms with van der Waals surface area (Å²) >= 11 is 0. The lowest BCUT2D eigenvalue weighted by molar-refractivity contribution is -0.000904. The quantitative estimate of drug-likeness (QED) is 0.790. The molecule has 0 atom stereocenters. The van der Waals surface area contributed by atoms with Crippen LogP contribution in [0.4, 0.5) is 0 Å². The Morgan fingerprint density at radius 1 is 1.18 bits per heavy atom. The largest absolute Gasteiger partial charge is 0.347 e. The van der Waals surface area contributed by atoms with Crippen molar-refractivity contribution in [3.63, 3.8) is 0 Å². The minimum Gasteiger partial charge on any atom is -0.347 e. The zero-order chi connectivity index (χ0) is 11.5. The van der Waals surface area contributed by atoms with E-state index in [1.807, 2.05) is 36.7 Å². The average molecular weight is 227 g/mol. The Morgan fingerprint density at radius 2 is 2.06 bits per heavy atom. The number of aromatic nitrogens is 1. The second-order valence-electron chi connectivity index (χ2n) is 3.91. The van der Waals surface area contributed by atoms with Gasteiger partial charge in [0.1, 0.15) is 0 Å². The molecule has 1 aliphatic rings. The van der Waals surface area contributed by atoms with Crippen molar-refractivity contribution in [3.8, 4) is 0 Å². The maximum absolute atomic E-state index is 5.37. The van der Waals surface area contributed by atoms with Crippen LogP contribution in [0.15, 0.2) is 42.7 Å². The highest BCUT2D eigenvalue weighted by Gasteiger charge is 2.11. The van der Waals surface area contributed by atoms with Crippen LogP contribution in [-0.2, 0) is 9.47 Å². The summed E-state index contributed by atoms with van der Waals surface area (Å²) in [6.45, 7) is 1.35. The van der Waals surface area contributed by atoms with Crippen LogP contribution >= 0.6 is 0 Å². The van der Waals surface area contributed by atoms with Gasteiger partial charge in [-0.25, -0.2) is 0 Å². The molecule has 0 N–H and O–H groups in total. The molecule has 3 heteroatoms. The van der Waals surface area contributed by atoms with Gasteiger partial charge in [0, 0.05) is 17.8 Å². The van der Waals surface area contributed by atoms with E-state index in [4.69, 9.17) is 9.47 Å². The molecule has 1 saturated heterocycles. The van der Waals surface area contributed by atoms with E-state index in [1.165, 1.54) is 5.39 Å². The third-order valence-electron chi connectivity index (χ3n) is 2.79. The monoisotopic (exact) mass is 227 g/mol. The number of ether oxygens (including phenoxy) is 2. The van der Waals surface area contributed by atoms with Crippen LogP contribution < -0.4 is 0 Å². The fourth-order valence-electron chi connectivity index (χ4n) is 1.96. The van der Waals surface area contributed by atoms with E-state index < -0.39 is 0 Å². The van der Waals surface area contributed by atoms with E-state index in [0.29, 0.717) is 13.2 Å². The summed E-state index contributed by atoms with van der Waals surface area (Å²) in [5, 5.41) is 2.33. The maximum atomic E-state index is 5.37. The summed E-state index contributed by atoms with van der Waals surface area (Å²) < 4.78 is 10.7. The lowest BCUT2D eigenvalue weighted by Gasteiger charge is -2.04. The van der Waals surface area contributed by atoms with Crippen LogP contribution in [0.3, 0.4) is 0 Å². The first-order valence-electron chi connectivity index (χ1n) is 5.68. The van der Waals surface area contributed by atoms with Gasteiger partial charge >= 0.3 is 0 Å². The van der Waals surface area contributed by atoms with Crippen molar-refractivity contribution in [2.45, 2.75) is 6.29 Å². The lowest BCUT2D eigenvalue weighted by Crippen LogP contribution is -2.01. The molecule has 3 nitrogen and oxygen atoms in total. The Hall–Kier alpha value is -1.71. The van der Waals surface area contributed by atoms with Crippen LogP contribution in [0.25, 0.3) is 16.8 Å². The molecule has 2 aromatic rings. The molecular formula is C14H13NO2. The van der Waals surface area contributed by atoms with Crippen molar-refractivity contribution in [3.05, 3.63) is 48.3 Å². The van der Waals surface area contributed by atoms with E-state index in [9.17, 15) is 0 Å². The summed E-state index contributed by atoms with van der Waals surface area (Å²) in [6.07, 6.45) is 7.46. The molecule has 17 heavy (non-hydrogen) atoms. The molecule has 0 saturated carbocycles. The molecule has 1 aliphatic heterocycles. The third-order valence-corrected chi connectivity index (χ3v) is 2.79. The molecule has 1 aromatic heterocycles. The van der Waals surface area contributed by atoms with Gasteiger partial charge < -0.3 is 9.47 Å². The number of benzene rings is 1. The van der Waals surface area contributed by atoms with Crippen LogP contribution in [0.1, 0.15) is 5.56 Å². The first-order valence-corrected chi connectivity index (χ1v) is 5.68. The van der Waals surface area contributed by atoms with Crippen LogP contribution in [-0.4, -0.2) is 24.5 Å². The van der Waals surface area contributed by atoms with Crippen LogP contribution in [0.5, 0.6) is 0 Å². The van der Waals surface area contributed by atoms with Crippen molar-refractivity contribution < 1.29 is 9.47 Å². The highest BCUT2D eigenvalue weighted by atomic mass is 16.7. The zero-order valence-electron chi connectivity index (χ0n) is 9.37. The zero-order valence-corrected chi connectivity index (χ0v) is 9.37. The minimum atomic E-state index is -0.202. The molecule has 1 fully saturated rings. The Labute approximate surface area is 99.7 Å². The maximum Gasteiger partial charge on any atom is 0.177 e.